The standard InChI is InChI=1S/C17H26N2O/c1-14-6-4-5-7-15(14)8-19-9-16-10-20-13-17(16,12-19)11-18(2)3/h4-7,16H,8-13H2,1-3H3/t16-,17+/m0/s1. The fourth-order valence-electron chi connectivity index (χ4n) is 3.95. The Hall–Kier alpha value is -0.900. The van der Waals surface area contributed by atoms with Gasteiger partial charge >= 0.3 is 0 Å². The van der Waals surface area contributed by atoms with E-state index in [4.69, 9.17) is 4.74 Å². The Morgan fingerprint density at radius 3 is 2.90 bits per heavy atom. The van der Waals surface area contributed by atoms with E-state index in [2.05, 4.69) is 55.1 Å². The number of nitrogens with zero attached hydrogens (tertiary/aromatic N) is 2. The molecule has 0 spiro atoms. The minimum atomic E-state index is 0.353. The van der Waals surface area contributed by atoms with Crippen LogP contribution in [0.25, 0.3) is 0 Å². The van der Waals surface area contributed by atoms with Gasteiger partial charge in [0.25, 0.3) is 0 Å². The summed E-state index contributed by atoms with van der Waals surface area (Å²) in [5.74, 6) is 0.703. The zero-order chi connectivity index (χ0) is 14.2. The van der Waals surface area contributed by atoms with E-state index in [-0.39, 0.29) is 0 Å². The quantitative estimate of drug-likeness (QED) is 0.835. The SMILES string of the molecule is Cc1ccccc1CN1C[C@H]2COC[C@@]2(CN(C)C)C1. The van der Waals surface area contributed by atoms with Crippen LogP contribution in [0.3, 0.4) is 0 Å². The van der Waals surface area contributed by atoms with Crippen LogP contribution in [0.5, 0.6) is 0 Å². The summed E-state index contributed by atoms with van der Waals surface area (Å²) in [5.41, 5.74) is 3.22. The van der Waals surface area contributed by atoms with E-state index in [1.54, 1.807) is 0 Å². The number of rotatable bonds is 4. The molecule has 0 unspecified atom stereocenters. The first-order valence-electron chi connectivity index (χ1n) is 7.58. The highest BCUT2D eigenvalue weighted by molar-refractivity contribution is 5.25. The summed E-state index contributed by atoms with van der Waals surface area (Å²) in [6, 6.07) is 8.75. The highest BCUT2D eigenvalue weighted by atomic mass is 16.5. The maximum absolute atomic E-state index is 5.78. The molecular weight excluding hydrogens is 248 g/mol. The first kappa shape index (κ1) is 14.1. The molecule has 110 valence electrons. The van der Waals surface area contributed by atoms with Gasteiger partial charge in [-0.3, -0.25) is 4.90 Å². The van der Waals surface area contributed by atoms with Gasteiger partial charge in [-0.05, 0) is 32.1 Å². The molecule has 2 aliphatic rings. The van der Waals surface area contributed by atoms with Gasteiger partial charge in [-0.15, -0.1) is 0 Å². The van der Waals surface area contributed by atoms with Gasteiger partial charge < -0.3 is 9.64 Å². The summed E-state index contributed by atoms with van der Waals surface area (Å²) in [6.07, 6.45) is 0. The molecule has 3 rings (SSSR count). The van der Waals surface area contributed by atoms with Gasteiger partial charge in [0.05, 0.1) is 13.2 Å². The van der Waals surface area contributed by atoms with Gasteiger partial charge in [0.1, 0.15) is 0 Å². The molecule has 2 atom stereocenters. The fourth-order valence-corrected chi connectivity index (χ4v) is 3.95. The Morgan fingerprint density at radius 1 is 1.35 bits per heavy atom. The average Bonchev–Trinajstić information content (AvgIpc) is 2.87. The molecule has 0 N–H and O–H groups in total. The van der Waals surface area contributed by atoms with Crippen LogP contribution in [-0.4, -0.2) is 56.7 Å². The minimum Gasteiger partial charge on any atom is -0.380 e. The van der Waals surface area contributed by atoms with Crippen molar-refractivity contribution in [2.75, 3.05) is 46.9 Å². The van der Waals surface area contributed by atoms with E-state index in [1.807, 2.05) is 0 Å². The van der Waals surface area contributed by atoms with Crippen LogP contribution in [0.1, 0.15) is 11.1 Å². The second-order valence-corrected chi connectivity index (χ2v) is 6.91. The normalized spacial score (nSPS) is 30.1. The first-order valence-corrected chi connectivity index (χ1v) is 7.58. The summed E-state index contributed by atoms with van der Waals surface area (Å²) in [5, 5.41) is 0. The van der Waals surface area contributed by atoms with Crippen molar-refractivity contribution in [1.29, 1.82) is 0 Å². The summed E-state index contributed by atoms with van der Waals surface area (Å²) in [4.78, 5) is 4.94. The first-order chi connectivity index (χ1) is 9.59. The molecule has 1 aromatic carbocycles. The summed E-state index contributed by atoms with van der Waals surface area (Å²) < 4.78 is 5.78. The topological polar surface area (TPSA) is 15.7 Å². The van der Waals surface area contributed by atoms with Crippen LogP contribution in [-0.2, 0) is 11.3 Å². The summed E-state index contributed by atoms with van der Waals surface area (Å²) >= 11 is 0. The summed E-state index contributed by atoms with van der Waals surface area (Å²) in [7, 11) is 4.35. The molecule has 0 saturated carbocycles. The summed E-state index contributed by atoms with van der Waals surface area (Å²) in [6.45, 7) is 8.66. The number of ether oxygens (including phenoxy) is 1. The van der Waals surface area contributed by atoms with Crippen LogP contribution >= 0.6 is 0 Å². The molecule has 0 amide bonds. The van der Waals surface area contributed by atoms with E-state index < -0.39 is 0 Å². The Labute approximate surface area is 122 Å². The Kier molecular flexibility index (Phi) is 3.85. The van der Waals surface area contributed by atoms with Crippen molar-refractivity contribution in [3.63, 3.8) is 0 Å². The van der Waals surface area contributed by atoms with E-state index in [9.17, 15) is 0 Å². The third kappa shape index (κ3) is 2.62. The van der Waals surface area contributed by atoms with Crippen LogP contribution in [0.2, 0.25) is 0 Å². The molecule has 0 aliphatic carbocycles. The van der Waals surface area contributed by atoms with E-state index >= 15 is 0 Å². The zero-order valence-corrected chi connectivity index (χ0v) is 12.9. The highest BCUT2D eigenvalue weighted by Gasteiger charge is 2.50. The Balaban J connectivity index is 1.71. The maximum Gasteiger partial charge on any atom is 0.0551 e. The van der Waals surface area contributed by atoms with Crippen molar-refractivity contribution in [3.05, 3.63) is 35.4 Å². The Bertz CT molecular complexity index is 474. The van der Waals surface area contributed by atoms with Crippen LogP contribution in [0, 0.1) is 18.3 Å². The third-order valence-electron chi connectivity index (χ3n) is 4.88. The Morgan fingerprint density at radius 2 is 2.15 bits per heavy atom. The van der Waals surface area contributed by atoms with Crippen LogP contribution in [0.15, 0.2) is 24.3 Å². The van der Waals surface area contributed by atoms with Gasteiger partial charge in [0.15, 0.2) is 0 Å². The van der Waals surface area contributed by atoms with Crippen molar-refractivity contribution in [2.45, 2.75) is 13.5 Å². The molecule has 1 aromatic rings. The van der Waals surface area contributed by atoms with Crippen molar-refractivity contribution < 1.29 is 4.74 Å². The van der Waals surface area contributed by atoms with E-state index in [0.29, 0.717) is 11.3 Å². The van der Waals surface area contributed by atoms with Gasteiger partial charge in [0, 0.05) is 37.5 Å². The van der Waals surface area contributed by atoms with Crippen molar-refractivity contribution in [2.24, 2.45) is 11.3 Å². The van der Waals surface area contributed by atoms with Gasteiger partial charge in [-0.25, -0.2) is 0 Å². The van der Waals surface area contributed by atoms with Crippen molar-refractivity contribution in [3.8, 4) is 0 Å². The van der Waals surface area contributed by atoms with Crippen molar-refractivity contribution in [1.82, 2.24) is 9.80 Å². The van der Waals surface area contributed by atoms with E-state index in [0.717, 1.165) is 26.3 Å². The number of fused-ring (bicyclic) bond motifs is 1. The molecule has 3 nitrogen and oxygen atoms in total. The number of hydrogen-bond donors (Lipinski definition) is 0. The monoisotopic (exact) mass is 274 g/mol. The second kappa shape index (κ2) is 5.47. The molecule has 20 heavy (non-hydrogen) atoms. The predicted molar refractivity (Wildman–Crippen MR) is 81.8 cm³/mol. The number of likely N-dealkylation sites (tertiary alicyclic amines) is 1. The molecule has 0 bridgehead atoms. The smallest absolute Gasteiger partial charge is 0.0551 e. The van der Waals surface area contributed by atoms with Crippen LogP contribution in [0.4, 0.5) is 0 Å². The zero-order valence-electron chi connectivity index (χ0n) is 12.9. The molecule has 2 aliphatic heterocycles. The predicted octanol–water partition coefficient (Wildman–Crippen LogP) is 2.01. The lowest BCUT2D eigenvalue weighted by Gasteiger charge is -2.30. The van der Waals surface area contributed by atoms with E-state index in [1.165, 1.54) is 24.2 Å². The maximum atomic E-state index is 5.78. The second-order valence-electron chi connectivity index (χ2n) is 6.91. The van der Waals surface area contributed by atoms with Crippen LogP contribution < -0.4 is 0 Å². The average molecular weight is 274 g/mol. The molecule has 0 radical (unpaired) electrons. The number of aryl methyl sites for hydroxylation is 1. The lowest BCUT2D eigenvalue weighted by Crippen LogP contribution is -2.40. The van der Waals surface area contributed by atoms with Crippen molar-refractivity contribution >= 4 is 0 Å². The number of hydrogen-bond acceptors (Lipinski definition) is 3. The molecule has 2 saturated heterocycles. The lowest BCUT2D eigenvalue weighted by atomic mass is 9.81. The highest BCUT2D eigenvalue weighted by Crippen LogP contribution is 2.42. The van der Waals surface area contributed by atoms with Gasteiger partial charge in [0.2, 0.25) is 0 Å². The largest absolute Gasteiger partial charge is 0.380 e. The molecule has 2 heterocycles. The fraction of sp³-hybridized carbons (Fsp3) is 0.647. The molecule has 3 heteroatoms. The third-order valence-corrected chi connectivity index (χ3v) is 4.88. The molecule has 2 fully saturated rings. The number of benzene rings is 1. The molecule has 0 aromatic heterocycles. The molecular formula is C17H26N2O. The minimum absolute atomic E-state index is 0.353. The van der Waals surface area contributed by atoms with Gasteiger partial charge in [-0.2, -0.15) is 0 Å². The lowest BCUT2D eigenvalue weighted by molar-refractivity contribution is 0.109. The van der Waals surface area contributed by atoms with Gasteiger partial charge in [-0.1, -0.05) is 24.3 Å².